The molecule has 6 heteroatoms. The van der Waals surface area contributed by atoms with Crippen molar-refractivity contribution in [2.24, 2.45) is 5.92 Å². The van der Waals surface area contributed by atoms with Crippen LogP contribution in [-0.2, 0) is 4.79 Å². The Morgan fingerprint density at radius 1 is 1.67 bits per heavy atom. The van der Waals surface area contributed by atoms with Crippen LogP contribution in [0.5, 0.6) is 0 Å². The minimum Gasteiger partial charge on any atom is -0.481 e. The van der Waals surface area contributed by atoms with Crippen molar-refractivity contribution in [3.8, 4) is 0 Å². The summed E-state index contributed by atoms with van der Waals surface area (Å²) in [5, 5.41) is 8.69. The fourth-order valence-electron chi connectivity index (χ4n) is 1.55. The molecule has 0 spiro atoms. The number of nitrogens with zero attached hydrogens (tertiary/aromatic N) is 2. The lowest BCUT2D eigenvalue weighted by Crippen LogP contribution is -2.51. The van der Waals surface area contributed by atoms with E-state index >= 15 is 0 Å². The molecule has 2 N–H and O–H groups in total. The number of aryl methyl sites for hydroxylation is 1. The third kappa shape index (κ3) is 1.83. The van der Waals surface area contributed by atoms with Crippen molar-refractivity contribution in [1.82, 2.24) is 9.97 Å². The van der Waals surface area contributed by atoms with Gasteiger partial charge in [-0.05, 0) is 6.92 Å². The molecule has 2 heterocycles. The molecule has 1 aromatic heterocycles. The summed E-state index contributed by atoms with van der Waals surface area (Å²) in [6.45, 7) is 2.54. The Bertz CT molecular complexity index is 448. The van der Waals surface area contributed by atoms with E-state index in [2.05, 4.69) is 9.97 Å². The van der Waals surface area contributed by atoms with Crippen LogP contribution in [0.15, 0.2) is 10.9 Å². The molecule has 0 unspecified atom stereocenters. The smallest absolute Gasteiger partial charge is 0.310 e. The summed E-state index contributed by atoms with van der Waals surface area (Å²) >= 11 is 0. The van der Waals surface area contributed by atoms with E-state index in [0.29, 0.717) is 24.7 Å². The van der Waals surface area contributed by atoms with E-state index in [0.717, 1.165) is 0 Å². The monoisotopic (exact) mass is 209 g/mol. The van der Waals surface area contributed by atoms with E-state index in [1.165, 1.54) is 6.07 Å². The van der Waals surface area contributed by atoms with Gasteiger partial charge in [0.15, 0.2) is 0 Å². The van der Waals surface area contributed by atoms with Gasteiger partial charge in [0.05, 0.1) is 5.92 Å². The van der Waals surface area contributed by atoms with Crippen molar-refractivity contribution in [1.29, 1.82) is 0 Å². The van der Waals surface area contributed by atoms with Gasteiger partial charge in [-0.2, -0.15) is 0 Å². The molecule has 15 heavy (non-hydrogen) atoms. The van der Waals surface area contributed by atoms with Crippen molar-refractivity contribution < 1.29 is 9.90 Å². The van der Waals surface area contributed by atoms with Crippen LogP contribution in [0.2, 0.25) is 0 Å². The van der Waals surface area contributed by atoms with Gasteiger partial charge < -0.3 is 15.0 Å². The van der Waals surface area contributed by atoms with Gasteiger partial charge >= 0.3 is 5.97 Å². The summed E-state index contributed by atoms with van der Waals surface area (Å²) in [4.78, 5) is 30.2. The van der Waals surface area contributed by atoms with E-state index < -0.39 is 5.97 Å². The van der Waals surface area contributed by atoms with E-state index in [1.807, 2.05) is 0 Å². The highest BCUT2D eigenvalue weighted by atomic mass is 16.4. The van der Waals surface area contributed by atoms with E-state index in [9.17, 15) is 9.59 Å². The molecule has 1 fully saturated rings. The lowest BCUT2D eigenvalue weighted by atomic mass is 10.0. The maximum absolute atomic E-state index is 11.1. The number of hydrogen-bond donors (Lipinski definition) is 2. The first-order valence-electron chi connectivity index (χ1n) is 4.62. The number of nitrogens with one attached hydrogen (secondary N) is 1. The molecule has 0 saturated carbocycles. The fourth-order valence-corrected chi connectivity index (χ4v) is 1.55. The van der Waals surface area contributed by atoms with Crippen LogP contribution < -0.4 is 10.5 Å². The largest absolute Gasteiger partial charge is 0.481 e. The molecular formula is C9H11N3O3. The number of aromatic nitrogens is 2. The Hall–Kier alpha value is -1.85. The Kier molecular flexibility index (Phi) is 2.18. The number of anilines is 1. The van der Waals surface area contributed by atoms with E-state index in [-0.39, 0.29) is 11.5 Å². The Morgan fingerprint density at radius 2 is 2.33 bits per heavy atom. The van der Waals surface area contributed by atoms with Gasteiger partial charge in [0.25, 0.3) is 5.56 Å². The Morgan fingerprint density at radius 3 is 2.87 bits per heavy atom. The van der Waals surface area contributed by atoms with Crippen molar-refractivity contribution in [2.75, 3.05) is 18.0 Å². The van der Waals surface area contributed by atoms with E-state index in [1.54, 1.807) is 11.8 Å². The zero-order valence-electron chi connectivity index (χ0n) is 8.23. The second-order valence-electron chi connectivity index (χ2n) is 3.63. The van der Waals surface area contributed by atoms with Crippen LogP contribution in [0, 0.1) is 12.8 Å². The van der Waals surface area contributed by atoms with Gasteiger partial charge in [0, 0.05) is 19.2 Å². The van der Waals surface area contributed by atoms with E-state index in [4.69, 9.17) is 5.11 Å². The van der Waals surface area contributed by atoms with Gasteiger partial charge in [-0.1, -0.05) is 0 Å². The predicted molar refractivity (Wildman–Crippen MR) is 52.9 cm³/mol. The molecule has 1 aliphatic rings. The molecule has 2 rings (SSSR count). The highest BCUT2D eigenvalue weighted by Crippen LogP contribution is 2.21. The maximum Gasteiger partial charge on any atom is 0.310 e. The topological polar surface area (TPSA) is 86.3 Å². The zero-order valence-corrected chi connectivity index (χ0v) is 8.23. The molecule has 6 nitrogen and oxygen atoms in total. The van der Waals surface area contributed by atoms with Gasteiger partial charge in [0.2, 0.25) is 0 Å². The normalized spacial score (nSPS) is 16.2. The molecule has 0 atom stereocenters. The minimum absolute atomic E-state index is 0.212. The fraction of sp³-hybridized carbons (Fsp3) is 0.444. The third-order valence-corrected chi connectivity index (χ3v) is 2.40. The van der Waals surface area contributed by atoms with Crippen LogP contribution in [0.25, 0.3) is 0 Å². The standard InChI is InChI=1S/C9H11N3O3/c1-5-10-7(2-8(13)11-5)12-3-6(4-12)9(14)15/h2,6H,3-4H2,1H3,(H,14,15)(H,10,11,13). The number of aliphatic carboxylic acids is 1. The molecule has 80 valence electrons. The molecule has 0 aromatic carbocycles. The Labute approximate surface area is 85.6 Å². The van der Waals surface area contributed by atoms with Crippen LogP contribution in [0.1, 0.15) is 5.82 Å². The summed E-state index contributed by atoms with van der Waals surface area (Å²) < 4.78 is 0. The van der Waals surface area contributed by atoms with Crippen LogP contribution in [0.4, 0.5) is 5.82 Å². The first-order chi connectivity index (χ1) is 7.06. The summed E-state index contributed by atoms with van der Waals surface area (Å²) in [6.07, 6.45) is 0. The van der Waals surface area contributed by atoms with Crippen molar-refractivity contribution in [3.05, 3.63) is 22.2 Å². The summed E-state index contributed by atoms with van der Waals surface area (Å²) in [6, 6.07) is 1.38. The van der Waals surface area contributed by atoms with Crippen molar-refractivity contribution in [3.63, 3.8) is 0 Å². The SMILES string of the molecule is Cc1nc(N2CC(C(=O)O)C2)cc(=O)[nH]1. The molecular weight excluding hydrogens is 198 g/mol. The highest BCUT2D eigenvalue weighted by molar-refractivity contribution is 5.74. The number of rotatable bonds is 2. The molecule has 0 aliphatic carbocycles. The molecule has 0 radical (unpaired) electrons. The predicted octanol–water partition coefficient (Wildman–Crippen LogP) is -0.401. The quantitative estimate of drug-likeness (QED) is 0.692. The van der Waals surface area contributed by atoms with Gasteiger partial charge in [0.1, 0.15) is 11.6 Å². The van der Waals surface area contributed by atoms with Gasteiger partial charge in [-0.3, -0.25) is 9.59 Å². The average molecular weight is 209 g/mol. The average Bonchev–Trinajstić information content (AvgIpc) is 1.97. The lowest BCUT2D eigenvalue weighted by molar-refractivity contribution is -0.142. The van der Waals surface area contributed by atoms with Crippen molar-refractivity contribution >= 4 is 11.8 Å². The molecule has 1 saturated heterocycles. The second-order valence-corrected chi connectivity index (χ2v) is 3.63. The minimum atomic E-state index is -0.798. The third-order valence-electron chi connectivity index (χ3n) is 2.40. The second kappa shape index (κ2) is 3.38. The van der Waals surface area contributed by atoms with Crippen LogP contribution in [0.3, 0.4) is 0 Å². The summed E-state index contributed by atoms with van der Waals surface area (Å²) in [5.41, 5.74) is -0.212. The van der Waals surface area contributed by atoms with Gasteiger partial charge in [-0.15, -0.1) is 0 Å². The lowest BCUT2D eigenvalue weighted by Gasteiger charge is -2.37. The molecule has 0 bridgehead atoms. The number of carboxylic acid groups (broad SMARTS) is 1. The molecule has 1 aromatic rings. The Balaban J connectivity index is 2.13. The molecule has 0 amide bonds. The number of hydrogen-bond acceptors (Lipinski definition) is 4. The van der Waals surface area contributed by atoms with Crippen LogP contribution in [-0.4, -0.2) is 34.1 Å². The summed E-state index contributed by atoms with van der Waals surface area (Å²) in [7, 11) is 0. The number of aromatic amines is 1. The van der Waals surface area contributed by atoms with Crippen LogP contribution >= 0.6 is 0 Å². The molecule has 1 aliphatic heterocycles. The first kappa shape index (κ1) is 9.70. The number of H-pyrrole nitrogens is 1. The number of carboxylic acids is 1. The van der Waals surface area contributed by atoms with Gasteiger partial charge in [-0.25, -0.2) is 4.98 Å². The maximum atomic E-state index is 11.1. The number of carbonyl (C=O) groups is 1. The zero-order chi connectivity index (χ0) is 11.0. The summed E-state index contributed by atoms with van der Waals surface area (Å²) in [5.74, 6) is -0.0516. The first-order valence-corrected chi connectivity index (χ1v) is 4.62. The van der Waals surface area contributed by atoms with Crippen molar-refractivity contribution in [2.45, 2.75) is 6.92 Å². The highest BCUT2D eigenvalue weighted by Gasteiger charge is 2.33.